The van der Waals surface area contributed by atoms with Crippen molar-refractivity contribution in [3.8, 4) is 5.75 Å². The van der Waals surface area contributed by atoms with Crippen LogP contribution in [0.15, 0.2) is 24.3 Å². The molecule has 0 aromatic heterocycles. The number of benzene rings is 1. The Morgan fingerprint density at radius 3 is 2.52 bits per heavy atom. The molecule has 0 radical (unpaired) electrons. The van der Waals surface area contributed by atoms with Crippen molar-refractivity contribution >= 4 is 11.8 Å². The zero-order valence-electron chi connectivity index (χ0n) is 16.6. The highest BCUT2D eigenvalue weighted by Crippen LogP contribution is 2.15. The largest absolute Gasteiger partial charge is 0.497 e. The fourth-order valence-corrected chi connectivity index (χ4v) is 3.02. The number of hydrogen-bond donors (Lipinski definition) is 1. The first kappa shape index (κ1) is 21.2. The summed E-state index contributed by atoms with van der Waals surface area (Å²) in [4.78, 5) is 28.9. The van der Waals surface area contributed by atoms with Gasteiger partial charge in [-0.25, -0.2) is 0 Å². The van der Waals surface area contributed by atoms with E-state index >= 15 is 0 Å². The molecule has 0 unspecified atom stereocenters. The normalized spacial score (nSPS) is 15.8. The molecule has 7 nitrogen and oxygen atoms in total. The highest BCUT2D eigenvalue weighted by atomic mass is 16.5. The third kappa shape index (κ3) is 6.52. The van der Waals surface area contributed by atoms with Crippen LogP contribution in [0.5, 0.6) is 5.75 Å². The van der Waals surface area contributed by atoms with Crippen LogP contribution in [0.1, 0.15) is 25.8 Å². The molecule has 1 atom stereocenters. The average molecular weight is 377 g/mol. The van der Waals surface area contributed by atoms with Crippen LogP contribution in [0.25, 0.3) is 0 Å². The number of nitrogens with one attached hydrogen (secondary N) is 1. The number of rotatable bonds is 9. The van der Waals surface area contributed by atoms with Gasteiger partial charge in [-0.15, -0.1) is 0 Å². The lowest BCUT2D eigenvalue weighted by Gasteiger charge is -2.29. The molecule has 0 spiro atoms. The Bertz CT molecular complexity index is 600. The van der Waals surface area contributed by atoms with Crippen LogP contribution in [0.4, 0.5) is 0 Å². The van der Waals surface area contributed by atoms with E-state index in [9.17, 15) is 9.59 Å². The summed E-state index contributed by atoms with van der Waals surface area (Å²) < 4.78 is 10.5. The highest BCUT2D eigenvalue weighted by molar-refractivity contribution is 5.87. The molecule has 0 saturated carbocycles. The third-order valence-electron chi connectivity index (χ3n) is 4.81. The van der Waals surface area contributed by atoms with Gasteiger partial charge < -0.3 is 19.7 Å². The minimum atomic E-state index is -0.524. The Labute approximate surface area is 161 Å². The van der Waals surface area contributed by atoms with Gasteiger partial charge in [0.1, 0.15) is 11.8 Å². The molecule has 1 aliphatic rings. The summed E-state index contributed by atoms with van der Waals surface area (Å²) in [6.45, 7) is 8.62. The molecule has 7 heteroatoms. The van der Waals surface area contributed by atoms with Crippen molar-refractivity contribution in [1.82, 2.24) is 15.1 Å². The fourth-order valence-electron chi connectivity index (χ4n) is 3.02. The van der Waals surface area contributed by atoms with Gasteiger partial charge in [-0.3, -0.25) is 14.5 Å². The maximum absolute atomic E-state index is 12.6. The van der Waals surface area contributed by atoms with Crippen molar-refractivity contribution in [3.05, 3.63) is 29.8 Å². The average Bonchev–Trinajstić information content (AvgIpc) is 2.72. The fraction of sp³-hybridized carbons (Fsp3) is 0.600. The summed E-state index contributed by atoms with van der Waals surface area (Å²) in [6.07, 6.45) is 0.363. The van der Waals surface area contributed by atoms with Crippen LogP contribution >= 0.6 is 0 Å². The lowest BCUT2D eigenvalue weighted by atomic mass is 10.1. The van der Waals surface area contributed by atoms with Gasteiger partial charge in [0.25, 0.3) is 0 Å². The smallest absolute Gasteiger partial charge is 0.242 e. The molecule has 1 fully saturated rings. The van der Waals surface area contributed by atoms with E-state index in [-0.39, 0.29) is 11.8 Å². The molecule has 27 heavy (non-hydrogen) atoms. The van der Waals surface area contributed by atoms with Gasteiger partial charge >= 0.3 is 0 Å². The van der Waals surface area contributed by atoms with Gasteiger partial charge in [-0.05, 0) is 24.6 Å². The number of hydrogen-bond acceptors (Lipinski definition) is 5. The number of ether oxygens (including phenoxy) is 2. The lowest BCUT2D eigenvalue weighted by molar-refractivity contribution is -0.140. The Hall–Kier alpha value is -2.12. The first-order valence-electron chi connectivity index (χ1n) is 9.55. The molecular weight excluding hydrogens is 346 g/mol. The van der Waals surface area contributed by atoms with Crippen molar-refractivity contribution in [2.75, 3.05) is 46.5 Å². The standard InChI is InChI=1S/C20H31N3O4/c1-4-19(24)23(15-17-5-7-18(26-3)8-6-17)16(2)20(25)21-9-10-22-11-13-27-14-12-22/h5-8,16H,4,9-15H2,1-3H3,(H,21,25)/t16-/m1/s1. The molecule has 2 rings (SSSR count). The minimum Gasteiger partial charge on any atom is -0.497 e. The van der Waals surface area contributed by atoms with E-state index in [0.717, 1.165) is 44.2 Å². The van der Waals surface area contributed by atoms with Crippen molar-refractivity contribution in [3.63, 3.8) is 0 Å². The Morgan fingerprint density at radius 1 is 1.26 bits per heavy atom. The number of carbonyl (C=O) groups excluding carboxylic acids is 2. The monoisotopic (exact) mass is 377 g/mol. The van der Waals surface area contributed by atoms with Gasteiger partial charge in [-0.1, -0.05) is 19.1 Å². The van der Waals surface area contributed by atoms with Crippen molar-refractivity contribution in [2.45, 2.75) is 32.9 Å². The van der Waals surface area contributed by atoms with Gasteiger partial charge in [0.15, 0.2) is 0 Å². The summed E-state index contributed by atoms with van der Waals surface area (Å²) in [7, 11) is 1.62. The van der Waals surface area contributed by atoms with Crippen LogP contribution in [-0.2, 0) is 20.9 Å². The predicted octanol–water partition coefficient (Wildman–Crippen LogP) is 1.27. The van der Waals surface area contributed by atoms with Gasteiger partial charge in [0.2, 0.25) is 11.8 Å². The van der Waals surface area contributed by atoms with E-state index in [1.807, 2.05) is 31.2 Å². The third-order valence-corrected chi connectivity index (χ3v) is 4.81. The van der Waals surface area contributed by atoms with Crippen molar-refractivity contribution in [1.29, 1.82) is 0 Å². The number of methoxy groups -OCH3 is 1. The van der Waals surface area contributed by atoms with E-state index in [1.165, 1.54) is 0 Å². The first-order valence-corrected chi connectivity index (χ1v) is 9.55. The number of amides is 2. The van der Waals surface area contributed by atoms with Crippen LogP contribution in [0.3, 0.4) is 0 Å². The Kier molecular flexibility index (Phi) is 8.54. The molecule has 0 bridgehead atoms. The Balaban J connectivity index is 1.90. The maximum Gasteiger partial charge on any atom is 0.242 e. The Morgan fingerprint density at radius 2 is 1.93 bits per heavy atom. The maximum atomic E-state index is 12.6. The van der Waals surface area contributed by atoms with E-state index in [2.05, 4.69) is 10.2 Å². The van der Waals surface area contributed by atoms with Crippen LogP contribution in [0.2, 0.25) is 0 Å². The minimum absolute atomic E-state index is 0.0401. The summed E-state index contributed by atoms with van der Waals surface area (Å²) in [5.41, 5.74) is 0.963. The number of morpholine rings is 1. The molecule has 1 aromatic rings. The van der Waals surface area contributed by atoms with E-state index < -0.39 is 6.04 Å². The number of nitrogens with zero attached hydrogens (tertiary/aromatic N) is 2. The van der Waals surface area contributed by atoms with Crippen LogP contribution < -0.4 is 10.1 Å². The highest BCUT2D eigenvalue weighted by Gasteiger charge is 2.25. The van der Waals surface area contributed by atoms with Gasteiger partial charge in [-0.2, -0.15) is 0 Å². The zero-order valence-corrected chi connectivity index (χ0v) is 16.6. The van der Waals surface area contributed by atoms with Gasteiger partial charge in [0.05, 0.1) is 20.3 Å². The van der Waals surface area contributed by atoms with Crippen molar-refractivity contribution in [2.24, 2.45) is 0 Å². The van der Waals surface area contributed by atoms with E-state index in [1.54, 1.807) is 18.9 Å². The molecule has 150 valence electrons. The lowest BCUT2D eigenvalue weighted by Crippen LogP contribution is -2.49. The summed E-state index contributed by atoms with van der Waals surface area (Å²) >= 11 is 0. The van der Waals surface area contributed by atoms with Crippen LogP contribution in [0, 0.1) is 0 Å². The molecule has 1 heterocycles. The molecule has 1 N–H and O–H groups in total. The second-order valence-electron chi connectivity index (χ2n) is 6.64. The predicted molar refractivity (Wildman–Crippen MR) is 104 cm³/mol. The molecule has 1 aromatic carbocycles. The topological polar surface area (TPSA) is 71.1 Å². The first-order chi connectivity index (χ1) is 13.0. The molecular formula is C20H31N3O4. The van der Waals surface area contributed by atoms with Crippen LogP contribution in [-0.4, -0.2) is 74.2 Å². The SMILES string of the molecule is CCC(=O)N(Cc1ccc(OC)cc1)[C@H](C)C(=O)NCCN1CCOCC1. The molecule has 1 saturated heterocycles. The van der Waals surface area contributed by atoms with Crippen molar-refractivity contribution < 1.29 is 19.1 Å². The summed E-state index contributed by atoms with van der Waals surface area (Å²) in [5, 5.41) is 2.96. The second-order valence-corrected chi connectivity index (χ2v) is 6.64. The zero-order chi connectivity index (χ0) is 19.6. The molecule has 2 amide bonds. The second kappa shape index (κ2) is 10.9. The van der Waals surface area contributed by atoms with E-state index in [4.69, 9.17) is 9.47 Å². The quantitative estimate of drug-likeness (QED) is 0.702. The van der Waals surface area contributed by atoms with E-state index in [0.29, 0.717) is 19.5 Å². The number of carbonyl (C=O) groups is 2. The summed E-state index contributed by atoms with van der Waals surface area (Å²) in [5.74, 6) is 0.598. The molecule has 0 aliphatic carbocycles. The summed E-state index contributed by atoms with van der Waals surface area (Å²) in [6, 6.07) is 7.02. The molecule has 1 aliphatic heterocycles. The van der Waals surface area contributed by atoms with Gasteiger partial charge in [0, 0.05) is 39.1 Å².